The molecule has 0 aliphatic heterocycles. The van der Waals surface area contributed by atoms with Crippen LogP contribution in [-0.2, 0) is 6.42 Å². The number of rotatable bonds is 8. The third-order valence-electron chi connectivity index (χ3n) is 4.60. The molecule has 1 aromatic heterocycles. The van der Waals surface area contributed by atoms with Crippen molar-refractivity contribution in [3.8, 4) is 0 Å². The molecule has 0 aliphatic rings. The Morgan fingerprint density at radius 3 is 1.66 bits per heavy atom. The molecule has 0 aliphatic carbocycles. The van der Waals surface area contributed by atoms with Gasteiger partial charge in [-0.3, -0.25) is 0 Å². The van der Waals surface area contributed by atoms with Crippen LogP contribution in [0, 0.1) is 0 Å². The Bertz CT molecular complexity index is 1130. The highest BCUT2D eigenvalue weighted by molar-refractivity contribution is 5.63. The van der Waals surface area contributed by atoms with E-state index in [2.05, 4.69) is 30.9 Å². The van der Waals surface area contributed by atoms with Gasteiger partial charge in [0.25, 0.3) is 0 Å². The minimum absolute atomic E-state index is 0.381. The molecule has 162 valence electrons. The van der Waals surface area contributed by atoms with E-state index in [1.807, 2.05) is 72.8 Å². The number of nitrogens with zero attached hydrogens (tertiary/aromatic N) is 3. The fraction of sp³-hybridized carbons (Fsp3) is 0.0870. The van der Waals surface area contributed by atoms with E-state index in [9.17, 15) is 0 Å². The van der Waals surface area contributed by atoms with Crippen LogP contribution in [0.4, 0.5) is 46.3 Å². The van der Waals surface area contributed by atoms with E-state index in [4.69, 9.17) is 17.2 Å². The number of aromatic nitrogens is 3. The summed E-state index contributed by atoms with van der Waals surface area (Å²) in [7, 11) is 0. The van der Waals surface area contributed by atoms with Crippen LogP contribution in [-0.4, -0.2) is 21.5 Å². The first kappa shape index (κ1) is 20.7. The van der Waals surface area contributed by atoms with Crippen molar-refractivity contribution in [2.45, 2.75) is 6.42 Å². The predicted octanol–water partition coefficient (Wildman–Crippen LogP) is 3.76. The summed E-state index contributed by atoms with van der Waals surface area (Å²) in [6.45, 7) is 0.642. The molecule has 0 atom stereocenters. The lowest BCUT2D eigenvalue weighted by molar-refractivity contribution is 0.969. The molecule has 3 aromatic carbocycles. The lowest BCUT2D eigenvalue weighted by atomic mass is 10.1. The average molecular weight is 428 g/mol. The van der Waals surface area contributed by atoms with Crippen molar-refractivity contribution in [3.63, 3.8) is 0 Å². The smallest absolute Gasteiger partial charge is 0.233 e. The fourth-order valence-electron chi connectivity index (χ4n) is 3.06. The summed E-state index contributed by atoms with van der Waals surface area (Å²) in [4.78, 5) is 13.5. The predicted molar refractivity (Wildman–Crippen MR) is 131 cm³/mol. The molecular formula is C23H25N9. The first-order chi connectivity index (χ1) is 15.5. The number of hydrogen-bond acceptors (Lipinski definition) is 9. The van der Waals surface area contributed by atoms with Crippen LogP contribution in [0.2, 0.25) is 0 Å². The second kappa shape index (κ2) is 9.52. The van der Waals surface area contributed by atoms with Gasteiger partial charge in [0.1, 0.15) is 0 Å². The van der Waals surface area contributed by atoms with Gasteiger partial charge in [0.2, 0.25) is 17.8 Å². The van der Waals surface area contributed by atoms with Crippen molar-refractivity contribution in [2.24, 2.45) is 0 Å². The lowest BCUT2D eigenvalue weighted by Gasteiger charge is -2.12. The topological polar surface area (TPSA) is 153 Å². The summed E-state index contributed by atoms with van der Waals surface area (Å²) in [6.07, 6.45) is 0.794. The van der Waals surface area contributed by atoms with Crippen LogP contribution in [0.25, 0.3) is 0 Å². The monoisotopic (exact) mass is 427 g/mol. The third-order valence-corrected chi connectivity index (χ3v) is 4.60. The summed E-state index contributed by atoms with van der Waals surface area (Å²) in [5, 5.41) is 9.61. The number of anilines is 8. The highest BCUT2D eigenvalue weighted by atomic mass is 15.3. The van der Waals surface area contributed by atoms with Gasteiger partial charge in [-0.15, -0.1) is 0 Å². The Balaban J connectivity index is 1.53. The SMILES string of the molecule is Nc1ccc(CCNc2nc(Nc3cccc(N)c3)nc(Nc3cccc(N)c3)n2)cc1. The first-order valence-electron chi connectivity index (χ1n) is 10.1. The Morgan fingerprint density at radius 1 is 0.594 bits per heavy atom. The number of nitrogen functional groups attached to an aromatic ring is 3. The van der Waals surface area contributed by atoms with Gasteiger partial charge in [-0.05, 0) is 60.5 Å². The third kappa shape index (κ3) is 5.76. The highest BCUT2D eigenvalue weighted by Crippen LogP contribution is 2.21. The van der Waals surface area contributed by atoms with Crippen molar-refractivity contribution in [1.29, 1.82) is 0 Å². The van der Waals surface area contributed by atoms with Crippen LogP contribution in [0.15, 0.2) is 72.8 Å². The summed E-state index contributed by atoms with van der Waals surface area (Å²) < 4.78 is 0. The van der Waals surface area contributed by atoms with Gasteiger partial charge in [-0.1, -0.05) is 24.3 Å². The molecule has 0 saturated heterocycles. The van der Waals surface area contributed by atoms with Crippen molar-refractivity contribution in [3.05, 3.63) is 78.4 Å². The Kier molecular flexibility index (Phi) is 6.17. The second-order valence-electron chi connectivity index (χ2n) is 7.23. The molecule has 0 spiro atoms. The first-order valence-corrected chi connectivity index (χ1v) is 10.1. The standard InChI is InChI=1S/C23H25N9/c24-16-9-7-15(8-10-16)11-12-27-21-30-22(28-19-5-1-3-17(25)13-19)32-23(31-21)29-20-6-2-4-18(26)14-20/h1-10,13-14H,11-12,24-26H2,(H3,27,28,29,30,31,32). The van der Waals surface area contributed by atoms with Crippen molar-refractivity contribution < 1.29 is 0 Å². The minimum atomic E-state index is 0.381. The van der Waals surface area contributed by atoms with Gasteiger partial charge in [0, 0.05) is 35.0 Å². The summed E-state index contributed by atoms with van der Waals surface area (Å²) >= 11 is 0. The normalized spacial score (nSPS) is 10.5. The maximum Gasteiger partial charge on any atom is 0.233 e. The van der Waals surface area contributed by atoms with Crippen LogP contribution in [0.5, 0.6) is 0 Å². The molecule has 0 saturated carbocycles. The number of hydrogen-bond donors (Lipinski definition) is 6. The van der Waals surface area contributed by atoms with Crippen LogP contribution in [0.1, 0.15) is 5.56 Å². The van der Waals surface area contributed by atoms with Crippen LogP contribution >= 0.6 is 0 Å². The van der Waals surface area contributed by atoms with E-state index >= 15 is 0 Å². The maximum atomic E-state index is 5.88. The van der Waals surface area contributed by atoms with Crippen LogP contribution in [0.3, 0.4) is 0 Å². The molecule has 1 heterocycles. The average Bonchev–Trinajstić information content (AvgIpc) is 2.75. The molecule has 9 heteroatoms. The molecule has 0 amide bonds. The molecular weight excluding hydrogens is 402 g/mol. The number of nitrogens with two attached hydrogens (primary N) is 3. The largest absolute Gasteiger partial charge is 0.399 e. The molecule has 9 nitrogen and oxygen atoms in total. The van der Waals surface area contributed by atoms with E-state index in [0.717, 1.165) is 29.0 Å². The van der Waals surface area contributed by atoms with Gasteiger partial charge < -0.3 is 33.2 Å². The highest BCUT2D eigenvalue weighted by Gasteiger charge is 2.08. The quantitative estimate of drug-likeness (QED) is 0.231. The Hall–Kier alpha value is -4.53. The zero-order valence-electron chi connectivity index (χ0n) is 17.4. The zero-order chi connectivity index (χ0) is 22.3. The second-order valence-corrected chi connectivity index (χ2v) is 7.23. The van der Waals surface area contributed by atoms with Gasteiger partial charge in [-0.25, -0.2) is 0 Å². The molecule has 0 radical (unpaired) electrons. The fourth-order valence-corrected chi connectivity index (χ4v) is 3.06. The van der Waals surface area contributed by atoms with Gasteiger partial charge in [0.15, 0.2) is 0 Å². The Labute approximate surface area is 186 Å². The van der Waals surface area contributed by atoms with E-state index in [-0.39, 0.29) is 0 Å². The molecule has 4 rings (SSSR count). The molecule has 4 aromatic rings. The van der Waals surface area contributed by atoms with E-state index in [0.29, 0.717) is 35.8 Å². The van der Waals surface area contributed by atoms with E-state index in [1.54, 1.807) is 0 Å². The summed E-state index contributed by atoms with van der Waals surface area (Å²) in [6, 6.07) is 22.5. The molecule has 32 heavy (non-hydrogen) atoms. The Morgan fingerprint density at radius 2 is 1.12 bits per heavy atom. The van der Waals surface area contributed by atoms with Gasteiger partial charge in [0.05, 0.1) is 0 Å². The molecule has 0 unspecified atom stereocenters. The lowest BCUT2D eigenvalue weighted by Crippen LogP contribution is -2.12. The summed E-state index contributed by atoms with van der Waals surface area (Å²) in [5.74, 6) is 1.20. The van der Waals surface area contributed by atoms with Crippen LogP contribution < -0.4 is 33.2 Å². The summed E-state index contributed by atoms with van der Waals surface area (Å²) in [5.41, 5.74) is 22.3. The zero-order valence-corrected chi connectivity index (χ0v) is 17.4. The molecule has 0 bridgehead atoms. The van der Waals surface area contributed by atoms with Crippen molar-refractivity contribution >= 4 is 46.3 Å². The number of nitrogens with one attached hydrogen (secondary N) is 3. The minimum Gasteiger partial charge on any atom is -0.399 e. The van der Waals surface area contributed by atoms with E-state index < -0.39 is 0 Å². The molecule has 9 N–H and O–H groups in total. The van der Waals surface area contributed by atoms with E-state index in [1.165, 1.54) is 0 Å². The molecule has 0 fully saturated rings. The van der Waals surface area contributed by atoms with Crippen molar-refractivity contribution in [2.75, 3.05) is 39.7 Å². The van der Waals surface area contributed by atoms with Gasteiger partial charge in [-0.2, -0.15) is 15.0 Å². The van der Waals surface area contributed by atoms with Crippen molar-refractivity contribution in [1.82, 2.24) is 15.0 Å². The maximum absolute atomic E-state index is 5.88. The van der Waals surface area contributed by atoms with Gasteiger partial charge >= 0.3 is 0 Å². The number of benzene rings is 3.